The van der Waals surface area contributed by atoms with Crippen LogP contribution in [0.25, 0.3) is 0 Å². The molecule has 1 aromatic heterocycles. The molecule has 0 bridgehead atoms. The average molecular weight is 282 g/mol. The minimum Gasteiger partial charge on any atom is -0.311 e. The molecule has 0 aliphatic rings. The minimum atomic E-state index is -0.483. The number of aromatic nitrogens is 2. The largest absolute Gasteiger partial charge is 0.311 e. The SMILES string of the molecule is Cc1cc(NC(=O)Cc2c(F)cccc2Cl)n(C)n1. The number of hydrogen-bond acceptors (Lipinski definition) is 2. The van der Waals surface area contributed by atoms with Crippen molar-refractivity contribution in [2.75, 3.05) is 5.32 Å². The molecule has 1 heterocycles. The zero-order valence-electron chi connectivity index (χ0n) is 10.6. The van der Waals surface area contributed by atoms with Gasteiger partial charge in [-0.2, -0.15) is 5.10 Å². The van der Waals surface area contributed by atoms with E-state index in [1.165, 1.54) is 12.1 Å². The number of rotatable bonds is 3. The van der Waals surface area contributed by atoms with Crippen molar-refractivity contribution in [3.63, 3.8) is 0 Å². The van der Waals surface area contributed by atoms with Gasteiger partial charge in [0.1, 0.15) is 11.6 Å². The van der Waals surface area contributed by atoms with Crippen molar-refractivity contribution in [1.82, 2.24) is 9.78 Å². The van der Waals surface area contributed by atoms with Crippen LogP contribution in [0.2, 0.25) is 5.02 Å². The normalized spacial score (nSPS) is 10.5. The summed E-state index contributed by atoms with van der Waals surface area (Å²) < 4.78 is 15.1. The zero-order valence-corrected chi connectivity index (χ0v) is 11.3. The maximum atomic E-state index is 13.6. The zero-order chi connectivity index (χ0) is 14.0. The second kappa shape index (κ2) is 5.40. The molecule has 0 fully saturated rings. The fraction of sp³-hybridized carbons (Fsp3) is 0.231. The molecule has 0 aliphatic carbocycles. The highest BCUT2D eigenvalue weighted by atomic mass is 35.5. The number of nitrogens with one attached hydrogen (secondary N) is 1. The molecule has 19 heavy (non-hydrogen) atoms. The lowest BCUT2D eigenvalue weighted by Gasteiger charge is -2.07. The lowest BCUT2D eigenvalue weighted by molar-refractivity contribution is -0.115. The van der Waals surface area contributed by atoms with Gasteiger partial charge in [0.25, 0.3) is 0 Å². The number of carbonyl (C=O) groups excluding carboxylic acids is 1. The number of benzene rings is 1. The third-order valence-corrected chi connectivity index (χ3v) is 3.02. The van der Waals surface area contributed by atoms with Crippen LogP contribution >= 0.6 is 11.6 Å². The van der Waals surface area contributed by atoms with E-state index in [1.807, 2.05) is 6.92 Å². The van der Waals surface area contributed by atoms with Crippen LogP contribution in [0, 0.1) is 12.7 Å². The summed E-state index contributed by atoms with van der Waals surface area (Å²) in [7, 11) is 1.72. The maximum absolute atomic E-state index is 13.6. The Labute approximate surface area is 115 Å². The third-order valence-electron chi connectivity index (χ3n) is 2.67. The maximum Gasteiger partial charge on any atom is 0.230 e. The first-order valence-corrected chi connectivity index (χ1v) is 6.08. The van der Waals surface area contributed by atoms with Crippen molar-refractivity contribution in [1.29, 1.82) is 0 Å². The fourth-order valence-corrected chi connectivity index (χ4v) is 2.01. The van der Waals surface area contributed by atoms with Gasteiger partial charge >= 0.3 is 0 Å². The highest BCUT2D eigenvalue weighted by Crippen LogP contribution is 2.20. The van der Waals surface area contributed by atoms with Gasteiger partial charge in [-0.25, -0.2) is 4.39 Å². The summed E-state index contributed by atoms with van der Waals surface area (Å²) in [5.74, 6) is -0.256. The fourth-order valence-electron chi connectivity index (χ4n) is 1.78. The van der Waals surface area contributed by atoms with Gasteiger partial charge in [-0.05, 0) is 19.1 Å². The highest BCUT2D eigenvalue weighted by Gasteiger charge is 2.13. The summed E-state index contributed by atoms with van der Waals surface area (Å²) in [5, 5.41) is 7.02. The van der Waals surface area contributed by atoms with Crippen LogP contribution < -0.4 is 5.32 Å². The predicted octanol–water partition coefficient (Wildman–Crippen LogP) is 2.70. The molecule has 1 aromatic carbocycles. The van der Waals surface area contributed by atoms with Gasteiger partial charge < -0.3 is 5.32 Å². The topological polar surface area (TPSA) is 46.9 Å². The number of anilines is 1. The van der Waals surface area contributed by atoms with Crippen LogP contribution in [0.1, 0.15) is 11.3 Å². The van der Waals surface area contributed by atoms with Crippen LogP contribution in [-0.4, -0.2) is 15.7 Å². The van der Waals surface area contributed by atoms with Crippen LogP contribution in [-0.2, 0) is 18.3 Å². The Hall–Kier alpha value is -1.88. The Bertz CT molecular complexity index is 604. The van der Waals surface area contributed by atoms with Crippen LogP contribution in [0.3, 0.4) is 0 Å². The molecule has 0 saturated carbocycles. The molecular formula is C13H13ClFN3O. The summed E-state index contributed by atoms with van der Waals surface area (Å²) >= 11 is 5.87. The van der Waals surface area contributed by atoms with E-state index in [1.54, 1.807) is 23.9 Å². The lowest BCUT2D eigenvalue weighted by atomic mass is 10.1. The Morgan fingerprint density at radius 3 is 2.84 bits per heavy atom. The van der Waals surface area contributed by atoms with E-state index >= 15 is 0 Å². The molecular weight excluding hydrogens is 269 g/mol. The number of carbonyl (C=O) groups is 1. The van der Waals surface area contributed by atoms with E-state index in [4.69, 9.17) is 11.6 Å². The molecule has 0 spiro atoms. The molecule has 6 heteroatoms. The molecule has 1 N–H and O–H groups in total. The van der Waals surface area contributed by atoms with Gasteiger partial charge in [-0.15, -0.1) is 0 Å². The van der Waals surface area contributed by atoms with Crippen LogP contribution in [0.15, 0.2) is 24.3 Å². The minimum absolute atomic E-state index is 0.115. The molecule has 1 amide bonds. The Kier molecular flexibility index (Phi) is 3.85. The van der Waals surface area contributed by atoms with Gasteiger partial charge in [0.15, 0.2) is 0 Å². The standard InChI is InChI=1S/C13H13ClFN3O/c1-8-6-12(18(2)17-8)16-13(19)7-9-10(14)4-3-5-11(9)15/h3-6H,7H2,1-2H3,(H,16,19). The molecule has 4 nitrogen and oxygen atoms in total. The molecule has 100 valence electrons. The number of halogens is 2. The summed E-state index contributed by atoms with van der Waals surface area (Å²) in [6.45, 7) is 1.82. The lowest BCUT2D eigenvalue weighted by Crippen LogP contribution is -2.17. The number of aryl methyl sites for hydroxylation is 2. The molecule has 0 unspecified atom stereocenters. The van der Waals surface area contributed by atoms with E-state index in [0.717, 1.165) is 5.69 Å². The molecule has 2 rings (SSSR count). The summed E-state index contributed by atoms with van der Waals surface area (Å²) in [6, 6.07) is 6.08. The first-order chi connectivity index (χ1) is 8.97. The van der Waals surface area contributed by atoms with Gasteiger partial charge in [0.05, 0.1) is 12.1 Å². The molecule has 0 aliphatic heterocycles. The number of hydrogen-bond donors (Lipinski definition) is 1. The number of amides is 1. The van der Waals surface area contributed by atoms with Gasteiger partial charge in [-0.1, -0.05) is 17.7 Å². The second-order valence-corrected chi connectivity index (χ2v) is 4.63. The van der Waals surface area contributed by atoms with Crippen molar-refractivity contribution in [3.8, 4) is 0 Å². The summed E-state index contributed by atoms with van der Waals surface area (Å²) in [4.78, 5) is 11.9. The van der Waals surface area contributed by atoms with Crippen molar-refractivity contribution in [2.45, 2.75) is 13.3 Å². The quantitative estimate of drug-likeness (QED) is 0.940. The van der Waals surface area contributed by atoms with E-state index in [9.17, 15) is 9.18 Å². The van der Waals surface area contributed by atoms with Crippen molar-refractivity contribution < 1.29 is 9.18 Å². The first kappa shape index (κ1) is 13.5. The van der Waals surface area contributed by atoms with E-state index in [0.29, 0.717) is 5.82 Å². The third kappa shape index (κ3) is 3.12. The molecule has 0 saturated heterocycles. The second-order valence-electron chi connectivity index (χ2n) is 4.22. The smallest absolute Gasteiger partial charge is 0.230 e. The van der Waals surface area contributed by atoms with E-state index in [2.05, 4.69) is 10.4 Å². The van der Waals surface area contributed by atoms with Gasteiger partial charge in [0, 0.05) is 23.7 Å². The Balaban J connectivity index is 2.12. The van der Waals surface area contributed by atoms with Gasteiger partial charge in [-0.3, -0.25) is 9.48 Å². The van der Waals surface area contributed by atoms with Gasteiger partial charge in [0.2, 0.25) is 5.91 Å². The predicted molar refractivity (Wildman–Crippen MR) is 71.7 cm³/mol. The monoisotopic (exact) mass is 281 g/mol. The number of nitrogens with zero attached hydrogens (tertiary/aromatic N) is 2. The Morgan fingerprint density at radius 2 is 2.26 bits per heavy atom. The van der Waals surface area contributed by atoms with Crippen LogP contribution in [0.4, 0.5) is 10.2 Å². The Morgan fingerprint density at radius 1 is 1.53 bits per heavy atom. The van der Waals surface area contributed by atoms with E-state index in [-0.39, 0.29) is 22.9 Å². The van der Waals surface area contributed by atoms with Crippen molar-refractivity contribution >= 4 is 23.3 Å². The van der Waals surface area contributed by atoms with Crippen LogP contribution in [0.5, 0.6) is 0 Å². The molecule has 0 atom stereocenters. The summed E-state index contributed by atoms with van der Waals surface area (Å²) in [5.41, 5.74) is 0.988. The summed E-state index contributed by atoms with van der Waals surface area (Å²) in [6.07, 6.45) is -0.115. The highest BCUT2D eigenvalue weighted by molar-refractivity contribution is 6.31. The van der Waals surface area contributed by atoms with Crippen molar-refractivity contribution in [2.24, 2.45) is 7.05 Å². The molecule has 0 radical (unpaired) electrons. The average Bonchev–Trinajstić information content (AvgIpc) is 2.63. The first-order valence-electron chi connectivity index (χ1n) is 5.70. The molecule has 2 aromatic rings. The van der Waals surface area contributed by atoms with Crippen molar-refractivity contribution in [3.05, 3.63) is 46.4 Å². The van der Waals surface area contributed by atoms with E-state index < -0.39 is 5.82 Å².